The van der Waals surface area contributed by atoms with E-state index in [-0.39, 0.29) is 6.04 Å². The van der Waals surface area contributed by atoms with Crippen LogP contribution in [0.5, 0.6) is 0 Å². The molecule has 16 heavy (non-hydrogen) atoms. The fraction of sp³-hybridized carbons (Fsp3) is 0.273. The molecule has 1 unspecified atom stereocenters. The van der Waals surface area contributed by atoms with Crippen molar-refractivity contribution < 1.29 is 8.81 Å². The number of aromatic nitrogens is 2. The van der Waals surface area contributed by atoms with E-state index < -0.39 is 5.95 Å². The molecule has 0 aromatic carbocycles. The SMILES string of the molecule is Cc1cnc(C(C)Nc2ccnc(F)c2)o1. The molecule has 2 heterocycles. The van der Waals surface area contributed by atoms with Gasteiger partial charge in [0, 0.05) is 18.0 Å². The van der Waals surface area contributed by atoms with Crippen molar-refractivity contribution in [2.24, 2.45) is 0 Å². The topological polar surface area (TPSA) is 51.0 Å². The highest BCUT2D eigenvalue weighted by molar-refractivity contribution is 5.42. The number of nitrogens with zero attached hydrogens (tertiary/aromatic N) is 2. The summed E-state index contributed by atoms with van der Waals surface area (Å²) in [6.45, 7) is 3.72. The summed E-state index contributed by atoms with van der Waals surface area (Å²) in [5.41, 5.74) is 0.649. The van der Waals surface area contributed by atoms with Crippen molar-refractivity contribution in [3.8, 4) is 0 Å². The quantitative estimate of drug-likeness (QED) is 0.809. The molecule has 5 heteroatoms. The predicted molar refractivity (Wildman–Crippen MR) is 57.5 cm³/mol. The largest absolute Gasteiger partial charge is 0.444 e. The van der Waals surface area contributed by atoms with Crippen molar-refractivity contribution in [2.75, 3.05) is 5.32 Å². The minimum Gasteiger partial charge on any atom is -0.444 e. The molecule has 0 radical (unpaired) electrons. The maximum Gasteiger partial charge on any atom is 0.216 e. The molecule has 0 aliphatic rings. The van der Waals surface area contributed by atoms with Gasteiger partial charge in [-0.15, -0.1) is 0 Å². The first-order valence-corrected chi connectivity index (χ1v) is 4.95. The first-order valence-electron chi connectivity index (χ1n) is 4.95. The van der Waals surface area contributed by atoms with E-state index >= 15 is 0 Å². The van der Waals surface area contributed by atoms with E-state index in [9.17, 15) is 4.39 Å². The zero-order valence-corrected chi connectivity index (χ0v) is 9.07. The van der Waals surface area contributed by atoms with E-state index in [0.717, 1.165) is 5.76 Å². The highest BCUT2D eigenvalue weighted by Crippen LogP contribution is 2.18. The Labute approximate surface area is 92.5 Å². The molecule has 0 aliphatic heterocycles. The molecular formula is C11H12FN3O. The van der Waals surface area contributed by atoms with Gasteiger partial charge in [-0.25, -0.2) is 9.97 Å². The molecule has 84 valence electrons. The van der Waals surface area contributed by atoms with Crippen LogP contribution in [0.1, 0.15) is 24.6 Å². The van der Waals surface area contributed by atoms with Crippen LogP contribution in [0.3, 0.4) is 0 Å². The van der Waals surface area contributed by atoms with Crippen LogP contribution in [-0.4, -0.2) is 9.97 Å². The van der Waals surface area contributed by atoms with Crippen molar-refractivity contribution in [2.45, 2.75) is 19.9 Å². The number of halogens is 1. The average Bonchev–Trinajstić information content (AvgIpc) is 2.65. The molecule has 0 spiro atoms. The third kappa shape index (κ3) is 2.36. The van der Waals surface area contributed by atoms with Crippen LogP contribution in [-0.2, 0) is 0 Å². The zero-order chi connectivity index (χ0) is 11.5. The minimum absolute atomic E-state index is 0.115. The maximum atomic E-state index is 12.8. The molecule has 1 atom stereocenters. The number of rotatable bonds is 3. The van der Waals surface area contributed by atoms with E-state index in [1.54, 1.807) is 12.3 Å². The van der Waals surface area contributed by atoms with Gasteiger partial charge in [0.1, 0.15) is 11.8 Å². The number of hydrogen-bond acceptors (Lipinski definition) is 4. The summed E-state index contributed by atoms with van der Waals surface area (Å²) in [7, 11) is 0. The van der Waals surface area contributed by atoms with Gasteiger partial charge in [-0.05, 0) is 19.9 Å². The minimum atomic E-state index is -0.513. The van der Waals surface area contributed by atoms with Crippen LogP contribution >= 0.6 is 0 Å². The fourth-order valence-corrected chi connectivity index (χ4v) is 1.38. The lowest BCUT2D eigenvalue weighted by Gasteiger charge is -2.11. The van der Waals surface area contributed by atoms with E-state index in [1.165, 1.54) is 12.3 Å². The highest BCUT2D eigenvalue weighted by Gasteiger charge is 2.11. The molecular weight excluding hydrogens is 209 g/mol. The summed E-state index contributed by atoms with van der Waals surface area (Å²) in [5, 5.41) is 3.08. The first-order chi connectivity index (χ1) is 7.65. The first kappa shape index (κ1) is 10.6. The zero-order valence-electron chi connectivity index (χ0n) is 9.07. The van der Waals surface area contributed by atoms with Gasteiger partial charge in [0.05, 0.1) is 6.20 Å². The van der Waals surface area contributed by atoms with Crippen LogP contribution < -0.4 is 5.32 Å². The van der Waals surface area contributed by atoms with Gasteiger partial charge in [0.15, 0.2) is 0 Å². The van der Waals surface area contributed by atoms with Crippen LogP contribution in [0.15, 0.2) is 28.9 Å². The standard InChI is InChI=1S/C11H12FN3O/c1-7-6-14-11(16-7)8(2)15-9-3-4-13-10(12)5-9/h3-6,8H,1-2H3,(H,13,15). The molecule has 0 saturated carbocycles. The number of nitrogens with one attached hydrogen (secondary N) is 1. The van der Waals surface area contributed by atoms with Crippen molar-refractivity contribution >= 4 is 5.69 Å². The molecule has 0 fully saturated rings. The van der Waals surface area contributed by atoms with E-state index in [1.807, 2.05) is 13.8 Å². The Bertz CT molecular complexity index is 484. The predicted octanol–water partition coefficient (Wildman–Crippen LogP) is 2.69. The second-order valence-corrected chi connectivity index (χ2v) is 3.54. The molecule has 2 aromatic rings. The maximum absolute atomic E-state index is 12.8. The van der Waals surface area contributed by atoms with Gasteiger partial charge < -0.3 is 9.73 Å². The summed E-state index contributed by atoms with van der Waals surface area (Å²) >= 11 is 0. The lowest BCUT2D eigenvalue weighted by atomic mass is 10.3. The van der Waals surface area contributed by atoms with E-state index in [0.29, 0.717) is 11.6 Å². The van der Waals surface area contributed by atoms with Gasteiger partial charge >= 0.3 is 0 Å². The average molecular weight is 221 g/mol. The third-order valence-corrected chi connectivity index (χ3v) is 2.12. The van der Waals surface area contributed by atoms with Crippen molar-refractivity contribution in [1.29, 1.82) is 0 Å². The van der Waals surface area contributed by atoms with Crippen molar-refractivity contribution in [3.05, 3.63) is 42.1 Å². The second-order valence-electron chi connectivity index (χ2n) is 3.54. The Morgan fingerprint density at radius 1 is 1.44 bits per heavy atom. The summed E-state index contributed by atoms with van der Waals surface area (Å²) in [4.78, 5) is 7.57. The summed E-state index contributed by atoms with van der Waals surface area (Å²) in [6.07, 6.45) is 3.06. The van der Waals surface area contributed by atoms with E-state index in [2.05, 4.69) is 15.3 Å². The molecule has 2 rings (SSSR count). The van der Waals surface area contributed by atoms with Crippen molar-refractivity contribution in [3.63, 3.8) is 0 Å². The number of anilines is 1. The summed E-state index contributed by atoms with van der Waals surface area (Å²) in [5.74, 6) is 0.820. The summed E-state index contributed by atoms with van der Waals surface area (Å²) in [6, 6.07) is 2.90. The Hall–Kier alpha value is -1.91. The van der Waals surface area contributed by atoms with Crippen LogP contribution in [0.25, 0.3) is 0 Å². The van der Waals surface area contributed by atoms with Crippen LogP contribution in [0.4, 0.5) is 10.1 Å². The number of hydrogen-bond donors (Lipinski definition) is 1. The molecule has 0 aliphatic carbocycles. The smallest absolute Gasteiger partial charge is 0.216 e. The monoisotopic (exact) mass is 221 g/mol. The van der Waals surface area contributed by atoms with Crippen LogP contribution in [0.2, 0.25) is 0 Å². The Balaban J connectivity index is 2.10. The number of pyridine rings is 1. The second kappa shape index (κ2) is 4.30. The lowest BCUT2D eigenvalue weighted by molar-refractivity contribution is 0.453. The number of aryl methyl sites for hydroxylation is 1. The molecule has 0 bridgehead atoms. The highest BCUT2D eigenvalue weighted by atomic mass is 19.1. The van der Waals surface area contributed by atoms with E-state index in [4.69, 9.17) is 4.42 Å². The molecule has 4 nitrogen and oxygen atoms in total. The Kier molecular flexibility index (Phi) is 2.85. The van der Waals surface area contributed by atoms with Crippen LogP contribution in [0, 0.1) is 12.9 Å². The summed E-state index contributed by atoms with van der Waals surface area (Å²) < 4.78 is 18.2. The molecule has 1 N–H and O–H groups in total. The van der Waals surface area contributed by atoms with Crippen molar-refractivity contribution in [1.82, 2.24) is 9.97 Å². The normalized spacial score (nSPS) is 12.4. The van der Waals surface area contributed by atoms with Gasteiger partial charge in [-0.1, -0.05) is 0 Å². The van der Waals surface area contributed by atoms with Gasteiger partial charge in [0.25, 0.3) is 0 Å². The lowest BCUT2D eigenvalue weighted by Crippen LogP contribution is -2.07. The Morgan fingerprint density at radius 3 is 2.88 bits per heavy atom. The molecule has 2 aromatic heterocycles. The molecule has 0 amide bonds. The van der Waals surface area contributed by atoms with Gasteiger partial charge in [-0.3, -0.25) is 0 Å². The van der Waals surface area contributed by atoms with Gasteiger partial charge in [-0.2, -0.15) is 4.39 Å². The van der Waals surface area contributed by atoms with Gasteiger partial charge in [0.2, 0.25) is 11.8 Å². The molecule has 0 saturated heterocycles. The Morgan fingerprint density at radius 2 is 2.25 bits per heavy atom. The number of oxazole rings is 1. The fourth-order valence-electron chi connectivity index (χ4n) is 1.38. The third-order valence-electron chi connectivity index (χ3n) is 2.12.